The summed E-state index contributed by atoms with van der Waals surface area (Å²) in [6.45, 7) is 2.96. The first-order chi connectivity index (χ1) is 13.0. The van der Waals surface area contributed by atoms with E-state index in [1.807, 2.05) is 37.3 Å². The molecule has 0 spiro atoms. The summed E-state index contributed by atoms with van der Waals surface area (Å²) >= 11 is 0. The SMILES string of the molecule is C[C@H]1OCCN[C@@H]1C(=O)Nc1ccc(F)c(NC(=O)Cc2ccccc2)c1. The van der Waals surface area contributed by atoms with Gasteiger partial charge in [0.1, 0.15) is 11.9 Å². The summed E-state index contributed by atoms with van der Waals surface area (Å²) in [5.74, 6) is -1.17. The van der Waals surface area contributed by atoms with Crippen LogP contribution < -0.4 is 16.0 Å². The summed E-state index contributed by atoms with van der Waals surface area (Å²) in [6, 6.07) is 12.8. The molecule has 2 aromatic rings. The predicted molar refractivity (Wildman–Crippen MR) is 101 cm³/mol. The van der Waals surface area contributed by atoms with Crippen molar-refractivity contribution < 1.29 is 18.7 Å². The maximum absolute atomic E-state index is 14.1. The Kier molecular flexibility index (Phi) is 6.16. The second-order valence-electron chi connectivity index (χ2n) is 6.40. The van der Waals surface area contributed by atoms with Gasteiger partial charge >= 0.3 is 0 Å². The fourth-order valence-corrected chi connectivity index (χ4v) is 2.92. The van der Waals surface area contributed by atoms with Crippen LogP contribution in [0.2, 0.25) is 0 Å². The van der Waals surface area contributed by atoms with Crippen LogP contribution in [-0.4, -0.2) is 37.1 Å². The van der Waals surface area contributed by atoms with Gasteiger partial charge in [-0.15, -0.1) is 0 Å². The van der Waals surface area contributed by atoms with Gasteiger partial charge in [-0.05, 0) is 30.7 Å². The Hall–Kier alpha value is -2.77. The maximum atomic E-state index is 14.1. The summed E-state index contributed by atoms with van der Waals surface area (Å²) in [5, 5.41) is 8.38. The van der Waals surface area contributed by atoms with Gasteiger partial charge in [-0.3, -0.25) is 9.59 Å². The van der Waals surface area contributed by atoms with E-state index >= 15 is 0 Å². The van der Waals surface area contributed by atoms with Gasteiger partial charge in [0.05, 0.1) is 24.8 Å². The lowest BCUT2D eigenvalue weighted by Gasteiger charge is -2.29. The molecule has 1 aliphatic rings. The number of hydrogen-bond donors (Lipinski definition) is 3. The number of anilines is 2. The normalized spacial score (nSPS) is 19.3. The van der Waals surface area contributed by atoms with E-state index in [4.69, 9.17) is 4.74 Å². The topological polar surface area (TPSA) is 79.5 Å². The number of rotatable bonds is 5. The average molecular weight is 371 g/mol. The molecule has 142 valence electrons. The molecule has 0 radical (unpaired) electrons. The number of halogens is 1. The number of hydrogen-bond acceptors (Lipinski definition) is 4. The van der Waals surface area contributed by atoms with Crippen molar-refractivity contribution in [1.29, 1.82) is 0 Å². The van der Waals surface area contributed by atoms with E-state index in [2.05, 4.69) is 16.0 Å². The number of morpholine rings is 1. The first-order valence-electron chi connectivity index (χ1n) is 8.82. The van der Waals surface area contributed by atoms with E-state index in [0.29, 0.717) is 18.8 Å². The standard InChI is InChI=1S/C20H22FN3O3/c1-13-19(22-9-10-27-13)20(26)23-15-7-8-16(21)17(12-15)24-18(25)11-14-5-3-2-4-6-14/h2-8,12-13,19,22H,9-11H2,1H3,(H,23,26)(H,24,25)/t13-,19+/m1/s1. The first kappa shape index (κ1) is 19.0. The quantitative estimate of drug-likeness (QED) is 0.754. The average Bonchev–Trinajstić information content (AvgIpc) is 2.65. The largest absolute Gasteiger partial charge is 0.375 e. The lowest BCUT2D eigenvalue weighted by Crippen LogP contribution is -2.53. The van der Waals surface area contributed by atoms with E-state index < -0.39 is 11.9 Å². The maximum Gasteiger partial charge on any atom is 0.244 e. The number of carbonyl (C=O) groups excluding carboxylic acids is 2. The van der Waals surface area contributed by atoms with Crippen LogP contribution in [0.5, 0.6) is 0 Å². The molecule has 3 N–H and O–H groups in total. The lowest BCUT2D eigenvalue weighted by atomic mass is 10.1. The highest BCUT2D eigenvalue weighted by Gasteiger charge is 2.28. The zero-order valence-electron chi connectivity index (χ0n) is 15.0. The van der Waals surface area contributed by atoms with Crippen molar-refractivity contribution in [3.05, 3.63) is 59.9 Å². The number of carbonyl (C=O) groups is 2. The van der Waals surface area contributed by atoms with Gasteiger partial charge in [0.2, 0.25) is 11.8 Å². The van der Waals surface area contributed by atoms with Crippen LogP contribution in [0.3, 0.4) is 0 Å². The van der Waals surface area contributed by atoms with Gasteiger partial charge in [0.25, 0.3) is 0 Å². The second kappa shape index (κ2) is 8.75. The molecule has 2 aromatic carbocycles. The minimum absolute atomic E-state index is 0.0228. The van der Waals surface area contributed by atoms with Crippen molar-refractivity contribution in [2.45, 2.75) is 25.5 Å². The molecule has 0 aliphatic carbocycles. The van der Waals surface area contributed by atoms with E-state index in [1.165, 1.54) is 18.2 Å². The van der Waals surface area contributed by atoms with Crippen LogP contribution in [0, 0.1) is 5.82 Å². The van der Waals surface area contributed by atoms with Crippen LogP contribution in [0.25, 0.3) is 0 Å². The van der Waals surface area contributed by atoms with Crippen molar-refractivity contribution in [2.24, 2.45) is 0 Å². The molecule has 3 rings (SSSR count). The molecule has 0 bridgehead atoms. The Bertz CT molecular complexity index is 813. The van der Waals surface area contributed by atoms with Crippen molar-refractivity contribution in [3.8, 4) is 0 Å². The van der Waals surface area contributed by atoms with Gasteiger partial charge in [-0.25, -0.2) is 4.39 Å². The Morgan fingerprint density at radius 3 is 2.70 bits per heavy atom. The van der Waals surface area contributed by atoms with Gasteiger partial charge in [-0.2, -0.15) is 0 Å². The number of benzene rings is 2. The van der Waals surface area contributed by atoms with Crippen molar-refractivity contribution in [3.63, 3.8) is 0 Å². The molecule has 0 saturated carbocycles. The predicted octanol–water partition coefficient (Wildman–Crippen LogP) is 2.32. The Labute approximate surface area is 157 Å². The van der Waals surface area contributed by atoms with Crippen LogP contribution in [0.1, 0.15) is 12.5 Å². The van der Waals surface area contributed by atoms with Crippen molar-refractivity contribution in [1.82, 2.24) is 5.32 Å². The summed E-state index contributed by atoms with van der Waals surface area (Å²) in [6.07, 6.45) is -0.123. The van der Waals surface area contributed by atoms with Crippen LogP contribution in [0.15, 0.2) is 48.5 Å². The van der Waals surface area contributed by atoms with E-state index in [-0.39, 0.29) is 30.0 Å². The third-order valence-corrected chi connectivity index (χ3v) is 4.31. The zero-order valence-corrected chi connectivity index (χ0v) is 15.0. The fraction of sp³-hybridized carbons (Fsp3) is 0.300. The Morgan fingerprint density at radius 1 is 1.19 bits per heavy atom. The summed E-state index contributed by atoms with van der Waals surface area (Å²) in [5.41, 5.74) is 1.25. The third kappa shape index (κ3) is 5.12. The molecule has 0 unspecified atom stereocenters. The van der Waals surface area contributed by atoms with Gasteiger partial charge < -0.3 is 20.7 Å². The second-order valence-corrected chi connectivity index (χ2v) is 6.40. The molecule has 1 fully saturated rings. The molecule has 7 heteroatoms. The van der Waals surface area contributed by atoms with E-state index in [0.717, 1.165) is 5.56 Å². The number of amides is 2. The highest BCUT2D eigenvalue weighted by atomic mass is 19.1. The van der Waals surface area contributed by atoms with Gasteiger partial charge in [0, 0.05) is 12.2 Å². The van der Waals surface area contributed by atoms with E-state index in [9.17, 15) is 14.0 Å². The monoisotopic (exact) mass is 371 g/mol. The molecule has 27 heavy (non-hydrogen) atoms. The molecule has 1 saturated heterocycles. The molecule has 0 aromatic heterocycles. The van der Waals surface area contributed by atoms with Crippen LogP contribution in [0.4, 0.5) is 15.8 Å². The Morgan fingerprint density at radius 2 is 1.96 bits per heavy atom. The molecule has 2 atom stereocenters. The molecule has 1 heterocycles. The minimum Gasteiger partial charge on any atom is -0.375 e. The molecule has 2 amide bonds. The third-order valence-electron chi connectivity index (χ3n) is 4.31. The van der Waals surface area contributed by atoms with E-state index in [1.54, 1.807) is 0 Å². The number of ether oxygens (including phenoxy) is 1. The summed E-state index contributed by atoms with van der Waals surface area (Å²) < 4.78 is 19.5. The molecular weight excluding hydrogens is 349 g/mol. The summed E-state index contributed by atoms with van der Waals surface area (Å²) in [4.78, 5) is 24.6. The van der Waals surface area contributed by atoms with Gasteiger partial charge in [-0.1, -0.05) is 30.3 Å². The van der Waals surface area contributed by atoms with Crippen LogP contribution in [-0.2, 0) is 20.7 Å². The zero-order chi connectivity index (χ0) is 19.2. The Balaban J connectivity index is 1.65. The van der Waals surface area contributed by atoms with Crippen molar-refractivity contribution in [2.75, 3.05) is 23.8 Å². The van der Waals surface area contributed by atoms with Crippen molar-refractivity contribution >= 4 is 23.2 Å². The number of nitrogens with one attached hydrogen (secondary N) is 3. The highest BCUT2D eigenvalue weighted by Crippen LogP contribution is 2.21. The van der Waals surface area contributed by atoms with Crippen LogP contribution >= 0.6 is 0 Å². The highest BCUT2D eigenvalue weighted by molar-refractivity contribution is 5.97. The summed E-state index contributed by atoms with van der Waals surface area (Å²) in [7, 11) is 0. The molecular formula is C20H22FN3O3. The fourth-order valence-electron chi connectivity index (χ4n) is 2.92. The van der Waals surface area contributed by atoms with Gasteiger partial charge in [0.15, 0.2) is 0 Å². The molecule has 6 nitrogen and oxygen atoms in total. The smallest absolute Gasteiger partial charge is 0.244 e. The molecule has 1 aliphatic heterocycles. The first-order valence-corrected chi connectivity index (χ1v) is 8.82. The minimum atomic E-state index is -0.568. The lowest BCUT2D eigenvalue weighted by molar-refractivity contribution is -0.123.